The Morgan fingerprint density at radius 1 is 1.23 bits per heavy atom. The predicted octanol–water partition coefficient (Wildman–Crippen LogP) is 3.31. The number of nitrogens with zero attached hydrogens (tertiary/aromatic N) is 2. The second-order valence-corrected chi connectivity index (χ2v) is 5.99. The molecule has 0 aliphatic carbocycles. The van der Waals surface area contributed by atoms with Gasteiger partial charge in [-0.2, -0.15) is 0 Å². The van der Waals surface area contributed by atoms with Gasteiger partial charge in [-0.1, -0.05) is 40.2 Å². The van der Waals surface area contributed by atoms with Crippen LogP contribution in [0.15, 0.2) is 64.0 Å². The molecule has 0 bridgehead atoms. The van der Waals surface area contributed by atoms with Crippen molar-refractivity contribution in [3.05, 3.63) is 80.8 Å². The molecule has 0 saturated heterocycles. The van der Waals surface area contributed by atoms with Crippen molar-refractivity contribution in [2.24, 2.45) is 0 Å². The van der Waals surface area contributed by atoms with Crippen LogP contribution in [0.5, 0.6) is 0 Å². The molecule has 1 aromatic carbocycles. The zero-order valence-corrected chi connectivity index (χ0v) is 13.7. The van der Waals surface area contributed by atoms with E-state index in [1.165, 1.54) is 5.56 Å². The highest BCUT2D eigenvalue weighted by molar-refractivity contribution is 9.10. The van der Waals surface area contributed by atoms with Crippen LogP contribution < -0.4 is 10.9 Å². The van der Waals surface area contributed by atoms with Crippen LogP contribution in [0, 0.1) is 0 Å². The van der Waals surface area contributed by atoms with E-state index in [-0.39, 0.29) is 11.6 Å². The molecular weight excluding hydrogens is 342 g/mol. The molecule has 0 aliphatic rings. The van der Waals surface area contributed by atoms with Crippen molar-refractivity contribution in [1.29, 1.82) is 0 Å². The van der Waals surface area contributed by atoms with Crippen LogP contribution in [0.1, 0.15) is 24.2 Å². The first kappa shape index (κ1) is 14.9. The Balaban J connectivity index is 1.79. The topological polar surface area (TPSA) is 46.4 Å². The number of nitrogens with one attached hydrogen (secondary N) is 1. The van der Waals surface area contributed by atoms with Gasteiger partial charge in [0.05, 0.1) is 5.69 Å². The van der Waals surface area contributed by atoms with E-state index in [1.807, 2.05) is 36.4 Å². The third-order valence-corrected chi connectivity index (χ3v) is 4.31. The van der Waals surface area contributed by atoms with Gasteiger partial charge in [0.2, 0.25) is 0 Å². The zero-order chi connectivity index (χ0) is 15.5. The van der Waals surface area contributed by atoms with Crippen molar-refractivity contribution in [1.82, 2.24) is 14.7 Å². The molecule has 0 unspecified atom stereocenters. The Morgan fingerprint density at radius 3 is 2.82 bits per heavy atom. The number of fused-ring (bicyclic) bond motifs is 1. The van der Waals surface area contributed by atoms with Gasteiger partial charge in [-0.05, 0) is 30.7 Å². The highest BCUT2D eigenvalue weighted by atomic mass is 79.9. The van der Waals surface area contributed by atoms with Crippen LogP contribution in [-0.2, 0) is 6.54 Å². The lowest BCUT2D eigenvalue weighted by molar-refractivity contribution is 0.565. The number of halogens is 1. The largest absolute Gasteiger partial charge is 0.305 e. The molecule has 0 saturated carbocycles. The molecule has 1 N–H and O–H groups in total. The number of hydrogen-bond acceptors (Lipinski definition) is 3. The van der Waals surface area contributed by atoms with E-state index in [0.717, 1.165) is 10.2 Å². The fourth-order valence-electron chi connectivity index (χ4n) is 2.39. The first-order valence-corrected chi connectivity index (χ1v) is 7.89. The van der Waals surface area contributed by atoms with Gasteiger partial charge in [0.15, 0.2) is 0 Å². The van der Waals surface area contributed by atoms with Crippen LogP contribution in [0.25, 0.3) is 5.65 Å². The van der Waals surface area contributed by atoms with E-state index in [0.29, 0.717) is 12.2 Å². The lowest BCUT2D eigenvalue weighted by Gasteiger charge is -2.15. The molecule has 5 heteroatoms. The average Bonchev–Trinajstić information content (AvgIpc) is 2.53. The molecule has 3 aromatic rings. The minimum Gasteiger partial charge on any atom is -0.305 e. The Morgan fingerprint density at radius 2 is 2.00 bits per heavy atom. The summed E-state index contributed by atoms with van der Waals surface area (Å²) in [5.41, 5.74) is 2.53. The van der Waals surface area contributed by atoms with Gasteiger partial charge >= 0.3 is 0 Å². The predicted molar refractivity (Wildman–Crippen MR) is 90.9 cm³/mol. The lowest BCUT2D eigenvalue weighted by Crippen LogP contribution is -2.22. The number of hydrogen-bond donors (Lipinski definition) is 1. The van der Waals surface area contributed by atoms with Gasteiger partial charge in [0.1, 0.15) is 5.65 Å². The molecule has 0 aliphatic heterocycles. The summed E-state index contributed by atoms with van der Waals surface area (Å²) in [4.78, 5) is 16.6. The van der Waals surface area contributed by atoms with Crippen LogP contribution in [0.4, 0.5) is 0 Å². The van der Waals surface area contributed by atoms with E-state index in [2.05, 4.69) is 39.2 Å². The molecule has 3 rings (SSSR count). The van der Waals surface area contributed by atoms with Crippen LogP contribution >= 0.6 is 15.9 Å². The van der Waals surface area contributed by atoms with Crippen molar-refractivity contribution in [3.8, 4) is 0 Å². The maximum Gasteiger partial charge on any atom is 0.258 e. The molecule has 0 spiro atoms. The molecule has 112 valence electrons. The van der Waals surface area contributed by atoms with E-state index < -0.39 is 0 Å². The SMILES string of the molecule is C[C@@H](NCc1cc(=O)n2ccccc2n1)c1ccccc1Br. The number of benzene rings is 1. The van der Waals surface area contributed by atoms with Gasteiger partial charge in [-0.25, -0.2) is 4.98 Å². The second kappa shape index (κ2) is 6.42. The Labute approximate surface area is 137 Å². The maximum atomic E-state index is 12.1. The quantitative estimate of drug-likeness (QED) is 0.779. The van der Waals surface area contributed by atoms with Crippen LogP contribution in [0.3, 0.4) is 0 Å². The molecule has 4 nitrogen and oxygen atoms in total. The van der Waals surface area contributed by atoms with Gasteiger partial charge < -0.3 is 5.32 Å². The van der Waals surface area contributed by atoms with Crippen molar-refractivity contribution in [3.63, 3.8) is 0 Å². The van der Waals surface area contributed by atoms with Crippen molar-refractivity contribution < 1.29 is 0 Å². The molecule has 22 heavy (non-hydrogen) atoms. The van der Waals surface area contributed by atoms with Crippen molar-refractivity contribution in [2.45, 2.75) is 19.5 Å². The highest BCUT2D eigenvalue weighted by Gasteiger charge is 2.09. The lowest BCUT2D eigenvalue weighted by atomic mass is 10.1. The molecule has 2 heterocycles. The molecule has 0 amide bonds. The van der Waals surface area contributed by atoms with E-state index in [9.17, 15) is 4.79 Å². The summed E-state index contributed by atoms with van der Waals surface area (Å²) in [5, 5.41) is 3.41. The van der Waals surface area contributed by atoms with Gasteiger partial charge in [-0.3, -0.25) is 9.20 Å². The minimum atomic E-state index is -0.0593. The third kappa shape index (κ3) is 3.10. The summed E-state index contributed by atoms with van der Waals surface area (Å²) in [6.07, 6.45) is 1.73. The minimum absolute atomic E-state index is 0.0593. The summed E-state index contributed by atoms with van der Waals surface area (Å²) in [6.45, 7) is 2.64. The maximum absolute atomic E-state index is 12.1. The average molecular weight is 358 g/mol. The summed E-state index contributed by atoms with van der Waals surface area (Å²) >= 11 is 3.56. The Kier molecular flexibility index (Phi) is 4.36. The van der Waals surface area contributed by atoms with Crippen LogP contribution in [0.2, 0.25) is 0 Å². The summed E-state index contributed by atoms with van der Waals surface area (Å²) in [7, 11) is 0. The van der Waals surface area contributed by atoms with Gasteiger partial charge in [0, 0.05) is 29.3 Å². The summed E-state index contributed by atoms with van der Waals surface area (Å²) in [5.74, 6) is 0. The fraction of sp³-hybridized carbons (Fsp3) is 0.176. The van der Waals surface area contributed by atoms with Crippen LogP contribution in [-0.4, -0.2) is 9.38 Å². The third-order valence-electron chi connectivity index (χ3n) is 3.59. The van der Waals surface area contributed by atoms with Gasteiger partial charge in [-0.15, -0.1) is 0 Å². The number of pyridine rings is 1. The smallest absolute Gasteiger partial charge is 0.258 e. The second-order valence-electron chi connectivity index (χ2n) is 5.14. The molecule has 0 fully saturated rings. The molecule has 2 aromatic heterocycles. The Hall–Kier alpha value is -1.98. The monoisotopic (exact) mass is 357 g/mol. The fourth-order valence-corrected chi connectivity index (χ4v) is 3.02. The first-order valence-electron chi connectivity index (χ1n) is 7.10. The molecular formula is C17H16BrN3O. The van der Waals surface area contributed by atoms with E-state index in [1.54, 1.807) is 16.7 Å². The van der Waals surface area contributed by atoms with Crippen molar-refractivity contribution >= 4 is 21.6 Å². The normalized spacial score (nSPS) is 12.5. The number of rotatable bonds is 4. The standard InChI is InChI=1S/C17H16BrN3O/c1-12(14-6-2-3-7-15(14)18)19-11-13-10-17(22)21-9-5-4-8-16(21)20-13/h2-10,12,19H,11H2,1H3/t12-/m1/s1. The highest BCUT2D eigenvalue weighted by Crippen LogP contribution is 2.22. The zero-order valence-electron chi connectivity index (χ0n) is 12.2. The molecule has 0 radical (unpaired) electrons. The summed E-state index contributed by atoms with van der Waals surface area (Å²) < 4.78 is 2.61. The van der Waals surface area contributed by atoms with E-state index >= 15 is 0 Å². The van der Waals surface area contributed by atoms with Gasteiger partial charge in [0.25, 0.3) is 5.56 Å². The number of aromatic nitrogens is 2. The first-order chi connectivity index (χ1) is 10.6. The summed E-state index contributed by atoms with van der Waals surface area (Å²) in [6, 6.07) is 15.4. The molecule has 1 atom stereocenters. The Bertz CT molecular complexity index is 860. The van der Waals surface area contributed by atoms with E-state index in [4.69, 9.17) is 0 Å². The van der Waals surface area contributed by atoms with Crippen molar-refractivity contribution in [2.75, 3.05) is 0 Å².